The highest BCUT2D eigenvalue weighted by Gasteiger charge is 2.18. The van der Waals surface area contributed by atoms with Gasteiger partial charge in [-0.05, 0) is 92.5 Å². The van der Waals surface area contributed by atoms with Crippen molar-refractivity contribution < 1.29 is 19.0 Å². The summed E-state index contributed by atoms with van der Waals surface area (Å²) in [6, 6.07) is 14.4. The largest absolute Gasteiger partial charge is 0.494 e. The first-order valence-electron chi connectivity index (χ1n) is 15.5. The summed E-state index contributed by atoms with van der Waals surface area (Å²) in [6.07, 6.45) is 22.8. The average molecular weight is 535 g/mol. The van der Waals surface area contributed by atoms with E-state index in [1.807, 2.05) is 24.3 Å². The van der Waals surface area contributed by atoms with Crippen LogP contribution in [0.2, 0.25) is 0 Å². The van der Waals surface area contributed by atoms with Crippen molar-refractivity contribution in [3.8, 4) is 17.2 Å². The standard InChI is InChI=1S/C35H50O4/c1-3-5-7-8-9-11-27-37-32-21-19-31(20-22-32)35(36)39-34-25-23-33(24-26-34)38-28-12-14-30-17-15-29(16-18-30)13-10-6-4-2/h12,14,19-26,29-30H,3-11,13,15-18,27-28H2,1-2H3/t29-,30-. The molecule has 39 heavy (non-hydrogen) atoms. The highest BCUT2D eigenvalue weighted by molar-refractivity contribution is 5.91. The highest BCUT2D eigenvalue weighted by atomic mass is 16.5. The molecule has 3 rings (SSSR count). The van der Waals surface area contributed by atoms with Gasteiger partial charge < -0.3 is 14.2 Å². The molecule has 0 bridgehead atoms. The zero-order valence-electron chi connectivity index (χ0n) is 24.4. The predicted octanol–water partition coefficient (Wildman–Crippen LogP) is 9.97. The van der Waals surface area contributed by atoms with Gasteiger partial charge in [0.2, 0.25) is 0 Å². The molecule has 0 aliphatic heterocycles. The number of ether oxygens (including phenoxy) is 3. The summed E-state index contributed by atoms with van der Waals surface area (Å²) in [5.41, 5.74) is 0.502. The molecule has 0 heterocycles. The van der Waals surface area contributed by atoms with Crippen molar-refractivity contribution in [1.29, 1.82) is 0 Å². The van der Waals surface area contributed by atoms with Crippen LogP contribution in [-0.2, 0) is 0 Å². The van der Waals surface area contributed by atoms with Gasteiger partial charge >= 0.3 is 5.97 Å². The Balaban J connectivity index is 1.31. The molecule has 0 spiro atoms. The van der Waals surface area contributed by atoms with E-state index in [0.717, 1.165) is 23.8 Å². The summed E-state index contributed by atoms with van der Waals surface area (Å²) in [5, 5.41) is 0. The van der Waals surface area contributed by atoms with E-state index in [-0.39, 0.29) is 5.97 Å². The summed E-state index contributed by atoms with van der Waals surface area (Å²) in [4.78, 5) is 12.5. The van der Waals surface area contributed by atoms with E-state index in [0.29, 0.717) is 30.4 Å². The van der Waals surface area contributed by atoms with E-state index < -0.39 is 0 Å². The van der Waals surface area contributed by atoms with Gasteiger partial charge in [-0.3, -0.25) is 0 Å². The minimum Gasteiger partial charge on any atom is -0.494 e. The van der Waals surface area contributed by atoms with Crippen LogP contribution in [0.5, 0.6) is 17.2 Å². The lowest BCUT2D eigenvalue weighted by atomic mass is 9.79. The van der Waals surface area contributed by atoms with Gasteiger partial charge in [-0.15, -0.1) is 0 Å². The van der Waals surface area contributed by atoms with Crippen LogP contribution in [-0.4, -0.2) is 19.2 Å². The van der Waals surface area contributed by atoms with Crippen molar-refractivity contribution in [3.63, 3.8) is 0 Å². The molecule has 0 N–H and O–H groups in total. The number of benzene rings is 2. The summed E-state index contributed by atoms with van der Waals surface area (Å²) in [5.74, 6) is 3.31. The Kier molecular flexibility index (Phi) is 14.6. The van der Waals surface area contributed by atoms with Gasteiger partial charge in [0.1, 0.15) is 23.9 Å². The van der Waals surface area contributed by atoms with Gasteiger partial charge in [0.25, 0.3) is 0 Å². The maximum absolute atomic E-state index is 12.5. The summed E-state index contributed by atoms with van der Waals surface area (Å²) in [7, 11) is 0. The average Bonchev–Trinajstić information content (AvgIpc) is 2.97. The van der Waals surface area contributed by atoms with Crippen LogP contribution in [0.3, 0.4) is 0 Å². The maximum Gasteiger partial charge on any atom is 0.343 e. The molecule has 0 saturated heterocycles. The number of unbranched alkanes of at least 4 members (excludes halogenated alkanes) is 7. The topological polar surface area (TPSA) is 44.8 Å². The molecule has 214 valence electrons. The second kappa shape index (κ2) is 18.5. The predicted molar refractivity (Wildman–Crippen MR) is 161 cm³/mol. The van der Waals surface area contributed by atoms with Gasteiger partial charge in [0.15, 0.2) is 0 Å². The van der Waals surface area contributed by atoms with Gasteiger partial charge in [0.05, 0.1) is 12.2 Å². The maximum atomic E-state index is 12.5. The number of esters is 1. The van der Waals surface area contributed by atoms with Crippen molar-refractivity contribution >= 4 is 5.97 Å². The summed E-state index contributed by atoms with van der Waals surface area (Å²) >= 11 is 0. The molecule has 0 radical (unpaired) electrons. The lowest BCUT2D eigenvalue weighted by molar-refractivity contribution is 0.0734. The first-order valence-corrected chi connectivity index (χ1v) is 15.5. The third kappa shape index (κ3) is 12.3. The van der Waals surface area contributed by atoms with Crippen LogP contribution in [0.25, 0.3) is 0 Å². The monoisotopic (exact) mass is 534 g/mol. The number of carbonyl (C=O) groups is 1. The molecule has 0 aromatic heterocycles. The van der Waals surface area contributed by atoms with E-state index in [1.165, 1.54) is 83.5 Å². The molecule has 0 amide bonds. The molecule has 0 atom stereocenters. The Morgan fingerprint density at radius 3 is 2.03 bits per heavy atom. The zero-order valence-corrected chi connectivity index (χ0v) is 24.4. The molecular formula is C35H50O4. The summed E-state index contributed by atoms with van der Waals surface area (Å²) in [6.45, 7) is 5.78. The lowest BCUT2D eigenvalue weighted by Gasteiger charge is -2.26. The van der Waals surface area contributed by atoms with E-state index in [9.17, 15) is 4.79 Å². The highest BCUT2D eigenvalue weighted by Crippen LogP contribution is 2.32. The van der Waals surface area contributed by atoms with Crippen molar-refractivity contribution in [2.75, 3.05) is 13.2 Å². The Bertz CT molecular complexity index is 940. The molecule has 1 aliphatic carbocycles. The quantitative estimate of drug-likeness (QED) is 0.0826. The normalized spacial score (nSPS) is 17.3. The minimum atomic E-state index is -0.380. The lowest BCUT2D eigenvalue weighted by Crippen LogP contribution is -2.13. The fourth-order valence-electron chi connectivity index (χ4n) is 5.27. The molecule has 0 unspecified atom stereocenters. The van der Waals surface area contributed by atoms with Crippen LogP contribution in [0.1, 0.15) is 114 Å². The van der Waals surface area contributed by atoms with E-state index in [2.05, 4.69) is 26.0 Å². The van der Waals surface area contributed by atoms with Crippen molar-refractivity contribution in [2.24, 2.45) is 11.8 Å². The third-order valence-electron chi connectivity index (χ3n) is 7.75. The first kappa shape index (κ1) is 30.8. The van der Waals surface area contributed by atoms with Crippen molar-refractivity contribution in [1.82, 2.24) is 0 Å². The Morgan fingerprint density at radius 2 is 1.31 bits per heavy atom. The second-order valence-corrected chi connectivity index (χ2v) is 11.0. The first-order chi connectivity index (χ1) is 19.2. The Morgan fingerprint density at radius 1 is 0.718 bits per heavy atom. The Labute approximate surface area is 237 Å². The number of hydrogen-bond donors (Lipinski definition) is 0. The molecule has 2 aromatic carbocycles. The van der Waals surface area contributed by atoms with Crippen LogP contribution >= 0.6 is 0 Å². The number of carbonyl (C=O) groups excluding carboxylic acids is 1. The van der Waals surface area contributed by atoms with Crippen LogP contribution in [0.15, 0.2) is 60.7 Å². The number of rotatable bonds is 18. The van der Waals surface area contributed by atoms with Gasteiger partial charge in [0, 0.05) is 0 Å². The van der Waals surface area contributed by atoms with E-state index in [1.54, 1.807) is 24.3 Å². The van der Waals surface area contributed by atoms with Crippen molar-refractivity contribution in [2.45, 2.75) is 104 Å². The third-order valence-corrected chi connectivity index (χ3v) is 7.75. The summed E-state index contributed by atoms with van der Waals surface area (Å²) < 4.78 is 17.2. The SMILES string of the molecule is CCCCCCCCOc1ccc(C(=O)Oc2ccc(OCC=C[C@H]3CC[C@H](CCCCC)CC3)cc2)cc1. The second-order valence-electron chi connectivity index (χ2n) is 11.0. The molecule has 1 saturated carbocycles. The molecule has 2 aromatic rings. The molecular weight excluding hydrogens is 484 g/mol. The van der Waals surface area contributed by atoms with Crippen LogP contribution in [0, 0.1) is 11.8 Å². The zero-order chi connectivity index (χ0) is 27.5. The van der Waals surface area contributed by atoms with E-state index in [4.69, 9.17) is 14.2 Å². The molecule has 1 aliphatic rings. The van der Waals surface area contributed by atoms with Gasteiger partial charge in [-0.1, -0.05) is 83.8 Å². The molecule has 1 fully saturated rings. The Hall–Kier alpha value is -2.75. The fourth-order valence-corrected chi connectivity index (χ4v) is 5.27. The van der Waals surface area contributed by atoms with Crippen molar-refractivity contribution in [3.05, 3.63) is 66.2 Å². The van der Waals surface area contributed by atoms with Gasteiger partial charge in [-0.2, -0.15) is 0 Å². The fraction of sp³-hybridized carbons (Fsp3) is 0.571. The van der Waals surface area contributed by atoms with Crippen LogP contribution in [0.4, 0.5) is 0 Å². The van der Waals surface area contributed by atoms with Gasteiger partial charge in [-0.25, -0.2) is 4.79 Å². The van der Waals surface area contributed by atoms with Crippen LogP contribution < -0.4 is 14.2 Å². The smallest absolute Gasteiger partial charge is 0.343 e. The number of allylic oxidation sites excluding steroid dienone is 1. The molecule has 4 nitrogen and oxygen atoms in total. The minimum absolute atomic E-state index is 0.380. The number of hydrogen-bond acceptors (Lipinski definition) is 4. The van der Waals surface area contributed by atoms with E-state index >= 15 is 0 Å². The molecule has 4 heteroatoms.